The molecule has 144 valence electrons. The van der Waals surface area contributed by atoms with Crippen molar-refractivity contribution in [3.63, 3.8) is 0 Å². The summed E-state index contributed by atoms with van der Waals surface area (Å²) in [5.41, 5.74) is 2.48. The van der Waals surface area contributed by atoms with Crippen molar-refractivity contribution < 1.29 is 19.1 Å². The first kappa shape index (κ1) is 20.3. The molecule has 0 heterocycles. The summed E-state index contributed by atoms with van der Waals surface area (Å²) in [4.78, 5) is 23.6. The Morgan fingerprint density at radius 1 is 0.963 bits per heavy atom. The molecule has 3 N–H and O–H groups in total. The number of benzene rings is 2. The van der Waals surface area contributed by atoms with Crippen LogP contribution in [0.25, 0.3) is 0 Å². The van der Waals surface area contributed by atoms with Crippen LogP contribution in [0.15, 0.2) is 54.6 Å². The molecule has 0 aliphatic rings. The number of ether oxygens (including phenoxy) is 2. The van der Waals surface area contributed by atoms with Gasteiger partial charge in [0.1, 0.15) is 6.61 Å². The maximum atomic E-state index is 11.9. The Kier molecular flexibility index (Phi) is 8.65. The molecule has 0 aliphatic heterocycles. The average molecular weight is 371 g/mol. The smallest absolute Gasteiger partial charge is 0.411 e. The summed E-state index contributed by atoms with van der Waals surface area (Å²) in [6.07, 6.45) is 0.236. The first-order chi connectivity index (χ1) is 13.2. The Labute approximate surface area is 159 Å². The van der Waals surface area contributed by atoms with Crippen molar-refractivity contribution in [1.82, 2.24) is 5.32 Å². The van der Waals surface area contributed by atoms with Gasteiger partial charge in [0.25, 0.3) is 0 Å². The molecule has 0 atom stereocenters. The third-order valence-electron chi connectivity index (χ3n) is 3.66. The number of carbonyl (C=O) groups is 2. The predicted molar refractivity (Wildman–Crippen MR) is 105 cm³/mol. The molecule has 2 amide bonds. The van der Waals surface area contributed by atoms with Gasteiger partial charge in [-0.25, -0.2) is 4.79 Å². The van der Waals surface area contributed by atoms with Gasteiger partial charge in [-0.2, -0.15) is 0 Å². The monoisotopic (exact) mass is 371 g/mol. The lowest BCUT2D eigenvalue weighted by molar-refractivity contribution is -0.119. The number of hydrogen-bond acceptors (Lipinski definition) is 5. The minimum Gasteiger partial charge on any atom is -0.447 e. The highest BCUT2D eigenvalue weighted by atomic mass is 16.6. The largest absolute Gasteiger partial charge is 0.447 e. The quantitative estimate of drug-likeness (QED) is 0.559. The van der Waals surface area contributed by atoms with Crippen LogP contribution in [0.5, 0.6) is 0 Å². The van der Waals surface area contributed by atoms with Gasteiger partial charge in [-0.1, -0.05) is 36.4 Å². The fourth-order valence-corrected chi connectivity index (χ4v) is 2.31. The van der Waals surface area contributed by atoms with Crippen LogP contribution >= 0.6 is 0 Å². The number of nitrogens with one attached hydrogen (secondary N) is 3. The predicted octanol–water partition coefficient (Wildman–Crippen LogP) is 2.65. The zero-order valence-corrected chi connectivity index (χ0v) is 15.4. The molecule has 0 radical (unpaired) electrons. The lowest BCUT2D eigenvalue weighted by atomic mass is 10.1. The standard InChI is InChI=1S/C20H25N3O4/c1-26-12-13-27-20(25)23-18-9-5-8-17(14-18)22-15-19(24)21-11-10-16-6-3-2-4-7-16/h2-9,14,22H,10-13,15H2,1H3,(H,21,24)(H,23,25). The van der Waals surface area contributed by atoms with Crippen LogP contribution in [0.3, 0.4) is 0 Å². The minimum atomic E-state index is -0.553. The molecule has 0 bridgehead atoms. The van der Waals surface area contributed by atoms with Crippen LogP contribution in [-0.4, -0.2) is 45.4 Å². The van der Waals surface area contributed by atoms with Crippen molar-refractivity contribution in [2.24, 2.45) is 0 Å². The van der Waals surface area contributed by atoms with Crippen LogP contribution in [-0.2, 0) is 20.7 Å². The number of rotatable bonds is 10. The summed E-state index contributed by atoms with van der Waals surface area (Å²) in [6, 6.07) is 17.1. The molecule has 2 rings (SSSR count). The van der Waals surface area contributed by atoms with Gasteiger partial charge in [-0.3, -0.25) is 10.1 Å². The van der Waals surface area contributed by atoms with Gasteiger partial charge >= 0.3 is 6.09 Å². The fraction of sp³-hybridized carbons (Fsp3) is 0.300. The summed E-state index contributed by atoms with van der Waals surface area (Å²) in [5.74, 6) is -0.0942. The molecule has 7 heteroatoms. The lowest BCUT2D eigenvalue weighted by Crippen LogP contribution is -2.31. The Morgan fingerprint density at radius 2 is 1.74 bits per heavy atom. The highest BCUT2D eigenvalue weighted by molar-refractivity contribution is 5.86. The Hall–Kier alpha value is -3.06. The zero-order valence-electron chi connectivity index (χ0n) is 15.4. The van der Waals surface area contributed by atoms with Gasteiger partial charge in [-0.05, 0) is 30.2 Å². The van der Waals surface area contributed by atoms with Crippen LogP contribution < -0.4 is 16.0 Å². The van der Waals surface area contributed by atoms with Crippen molar-refractivity contribution in [1.29, 1.82) is 0 Å². The molecular weight excluding hydrogens is 346 g/mol. The van der Waals surface area contributed by atoms with E-state index in [1.165, 1.54) is 12.7 Å². The van der Waals surface area contributed by atoms with E-state index in [9.17, 15) is 9.59 Å². The molecule has 0 unspecified atom stereocenters. The molecule has 0 saturated carbocycles. The fourth-order valence-electron chi connectivity index (χ4n) is 2.31. The average Bonchev–Trinajstić information content (AvgIpc) is 2.68. The highest BCUT2D eigenvalue weighted by Crippen LogP contribution is 2.15. The number of hydrogen-bond donors (Lipinski definition) is 3. The van der Waals surface area contributed by atoms with Crippen molar-refractivity contribution >= 4 is 23.4 Å². The maximum absolute atomic E-state index is 11.9. The lowest BCUT2D eigenvalue weighted by Gasteiger charge is -2.10. The molecule has 2 aromatic rings. The Morgan fingerprint density at radius 3 is 2.52 bits per heavy atom. The number of anilines is 2. The SMILES string of the molecule is COCCOC(=O)Nc1cccc(NCC(=O)NCCc2ccccc2)c1. The number of amides is 2. The van der Waals surface area contributed by atoms with Gasteiger partial charge in [-0.15, -0.1) is 0 Å². The molecule has 0 spiro atoms. The topological polar surface area (TPSA) is 88.7 Å². The van der Waals surface area contributed by atoms with Crippen LogP contribution in [0, 0.1) is 0 Å². The highest BCUT2D eigenvalue weighted by Gasteiger charge is 2.05. The van der Waals surface area contributed by atoms with E-state index in [0.717, 1.165) is 12.1 Å². The van der Waals surface area contributed by atoms with Gasteiger partial charge in [0.05, 0.1) is 13.2 Å². The summed E-state index contributed by atoms with van der Waals surface area (Å²) < 4.78 is 9.76. The molecule has 0 aliphatic carbocycles. The van der Waals surface area contributed by atoms with E-state index >= 15 is 0 Å². The van der Waals surface area contributed by atoms with Crippen molar-refractivity contribution in [2.75, 3.05) is 44.0 Å². The van der Waals surface area contributed by atoms with Crippen LogP contribution in [0.1, 0.15) is 5.56 Å². The van der Waals surface area contributed by atoms with E-state index in [1.54, 1.807) is 18.2 Å². The number of methoxy groups -OCH3 is 1. The van der Waals surface area contributed by atoms with Crippen LogP contribution in [0.2, 0.25) is 0 Å². The number of carbonyl (C=O) groups excluding carboxylic acids is 2. The first-order valence-corrected chi connectivity index (χ1v) is 8.74. The van der Waals surface area contributed by atoms with Crippen molar-refractivity contribution in [3.8, 4) is 0 Å². The summed E-state index contributed by atoms with van der Waals surface area (Å²) in [7, 11) is 1.54. The third-order valence-corrected chi connectivity index (χ3v) is 3.66. The molecule has 0 saturated heterocycles. The second-order valence-electron chi connectivity index (χ2n) is 5.77. The van der Waals surface area contributed by atoms with Crippen LogP contribution in [0.4, 0.5) is 16.2 Å². The van der Waals surface area contributed by atoms with E-state index in [2.05, 4.69) is 16.0 Å². The van der Waals surface area contributed by atoms with Gasteiger partial charge in [0.2, 0.25) is 5.91 Å². The van der Waals surface area contributed by atoms with Gasteiger partial charge < -0.3 is 20.1 Å². The van der Waals surface area contributed by atoms with E-state index in [-0.39, 0.29) is 19.1 Å². The van der Waals surface area contributed by atoms with E-state index in [1.807, 2.05) is 36.4 Å². The van der Waals surface area contributed by atoms with E-state index < -0.39 is 6.09 Å². The minimum absolute atomic E-state index is 0.0942. The summed E-state index contributed by atoms with van der Waals surface area (Å²) >= 11 is 0. The first-order valence-electron chi connectivity index (χ1n) is 8.74. The zero-order chi connectivity index (χ0) is 19.3. The molecule has 2 aromatic carbocycles. The Bertz CT molecular complexity index is 722. The second kappa shape index (κ2) is 11.5. The van der Waals surface area contributed by atoms with Crippen molar-refractivity contribution in [2.45, 2.75) is 6.42 Å². The summed E-state index contributed by atoms with van der Waals surface area (Å²) in [6.45, 7) is 1.26. The van der Waals surface area contributed by atoms with Gasteiger partial charge in [0, 0.05) is 25.0 Å². The maximum Gasteiger partial charge on any atom is 0.411 e. The molecule has 27 heavy (non-hydrogen) atoms. The molecule has 0 fully saturated rings. The van der Waals surface area contributed by atoms with E-state index in [0.29, 0.717) is 18.8 Å². The third kappa shape index (κ3) is 8.24. The normalized spacial score (nSPS) is 10.1. The van der Waals surface area contributed by atoms with Gasteiger partial charge in [0.15, 0.2) is 0 Å². The molecule has 0 aromatic heterocycles. The van der Waals surface area contributed by atoms with Crippen molar-refractivity contribution in [3.05, 3.63) is 60.2 Å². The van der Waals surface area contributed by atoms with E-state index in [4.69, 9.17) is 9.47 Å². The Balaban J connectivity index is 1.70. The second-order valence-corrected chi connectivity index (χ2v) is 5.77. The molecular formula is C20H25N3O4. The summed E-state index contributed by atoms with van der Waals surface area (Å²) in [5, 5.41) is 8.53. The molecule has 7 nitrogen and oxygen atoms in total.